The van der Waals surface area contributed by atoms with Gasteiger partial charge in [0.2, 0.25) is 5.88 Å². The number of methoxy groups -OCH3 is 1. The summed E-state index contributed by atoms with van der Waals surface area (Å²) < 4.78 is 51.9. The molecule has 0 unspecified atom stereocenters. The predicted octanol–water partition coefficient (Wildman–Crippen LogP) is 3.24. The van der Waals surface area contributed by atoms with Gasteiger partial charge in [-0.2, -0.15) is 13.2 Å². The van der Waals surface area contributed by atoms with Gasteiger partial charge >= 0.3 is 12.1 Å². The summed E-state index contributed by atoms with van der Waals surface area (Å²) in [7, 11) is 1.25. The lowest BCUT2D eigenvalue weighted by Gasteiger charge is -2.07. The monoisotopic (exact) mass is 344 g/mol. The number of ether oxygens (including phenoxy) is 2. The van der Waals surface area contributed by atoms with E-state index in [9.17, 15) is 18.0 Å². The Balaban J connectivity index is 2.01. The molecule has 0 saturated heterocycles. The number of nitrogens with zero attached hydrogens (tertiary/aromatic N) is 2. The van der Waals surface area contributed by atoms with Gasteiger partial charge in [-0.3, -0.25) is 0 Å². The molecular formula is C15H15F3N2O4. The fourth-order valence-electron chi connectivity index (χ4n) is 1.93. The molecule has 0 aliphatic heterocycles. The molecule has 0 fully saturated rings. The molecule has 0 bridgehead atoms. The summed E-state index contributed by atoms with van der Waals surface area (Å²) >= 11 is 0. The molecule has 9 heteroatoms. The maximum Gasteiger partial charge on any atom is 0.389 e. The lowest BCUT2D eigenvalue weighted by atomic mass is 10.1. The van der Waals surface area contributed by atoms with E-state index in [1.807, 2.05) is 0 Å². The highest BCUT2D eigenvalue weighted by Crippen LogP contribution is 2.24. The second kappa shape index (κ2) is 7.33. The van der Waals surface area contributed by atoms with Gasteiger partial charge in [-0.05, 0) is 13.0 Å². The third kappa shape index (κ3) is 4.71. The number of hydrogen-bond acceptors (Lipinski definition) is 6. The standard InChI is InChI=1S/C15H15F3N2O4/c1-9-11(12(20-24-9)5-6-15(16,17)18)8-23-13-4-3-10(7-19-13)14(21)22-2/h3-4,7H,5-6,8H2,1-2H3. The molecule has 2 rings (SSSR count). The average molecular weight is 344 g/mol. The zero-order valence-corrected chi connectivity index (χ0v) is 13.0. The summed E-state index contributed by atoms with van der Waals surface area (Å²) in [6.07, 6.45) is -4.26. The number of pyridine rings is 1. The maximum absolute atomic E-state index is 12.3. The zero-order chi connectivity index (χ0) is 17.7. The van der Waals surface area contributed by atoms with Crippen LogP contribution in [0.25, 0.3) is 0 Å². The highest BCUT2D eigenvalue weighted by Gasteiger charge is 2.28. The molecule has 0 saturated carbocycles. The van der Waals surface area contributed by atoms with Gasteiger partial charge in [0, 0.05) is 25.1 Å². The lowest BCUT2D eigenvalue weighted by molar-refractivity contribution is -0.134. The Bertz CT molecular complexity index is 696. The molecule has 0 N–H and O–H groups in total. The number of alkyl halides is 3. The fraction of sp³-hybridized carbons (Fsp3) is 0.400. The van der Waals surface area contributed by atoms with Crippen molar-refractivity contribution in [3.05, 3.63) is 40.9 Å². The van der Waals surface area contributed by atoms with Crippen molar-refractivity contribution in [2.75, 3.05) is 7.11 Å². The summed E-state index contributed by atoms with van der Waals surface area (Å²) in [5.41, 5.74) is 0.922. The van der Waals surface area contributed by atoms with Crippen LogP contribution in [0.2, 0.25) is 0 Å². The zero-order valence-electron chi connectivity index (χ0n) is 13.0. The van der Waals surface area contributed by atoms with E-state index in [0.29, 0.717) is 11.3 Å². The van der Waals surface area contributed by atoms with Crippen molar-refractivity contribution in [1.82, 2.24) is 10.1 Å². The number of aryl methyl sites for hydroxylation is 2. The van der Waals surface area contributed by atoms with Crippen LogP contribution < -0.4 is 4.74 Å². The Morgan fingerprint density at radius 1 is 1.33 bits per heavy atom. The first-order valence-corrected chi connectivity index (χ1v) is 6.98. The van der Waals surface area contributed by atoms with E-state index in [1.54, 1.807) is 6.92 Å². The minimum Gasteiger partial charge on any atom is -0.473 e. The van der Waals surface area contributed by atoms with Gasteiger partial charge in [0.25, 0.3) is 0 Å². The molecule has 6 nitrogen and oxygen atoms in total. The minimum absolute atomic E-state index is 0.0346. The van der Waals surface area contributed by atoms with Crippen LogP contribution in [0.3, 0.4) is 0 Å². The Morgan fingerprint density at radius 3 is 2.67 bits per heavy atom. The molecule has 0 atom stereocenters. The highest BCUT2D eigenvalue weighted by molar-refractivity contribution is 5.88. The van der Waals surface area contributed by atoms with Gasteiger partial charge in [-0.25, -0.2) is 9.78 Å². The first kappa shape index (κ1) is 17.8. The van der Waals surface area contributed by atoms with Gasteiger partial charge in [-0.15, -0.1) is 0 Å². The number of halogens is 3. The van der Waals surface area contributed by atoms with E-state index in [1.165, 1.54) is 25.4 Å². The van der Waals surface area contributed by atoms with E-state index in [2.05, 4.69) is 14.9 Å². The van der Waals surface area contributed by atoms with Gasteiger partial charge in [0.1, 0.15) is 12.4 Å². The van der Waals surface area contributed by atoms with Gasteiger partial charge < -0.3 is 14.0 Å². The normalized spacial score (nSPS) is 11.4. The number of carbonyl (C=O) groups is 1. The summed E-state index contributed by atoms with van der Waals surface area (Å²) in [6.45, 7) is 1.56. The molecule has 0 aromatic carbocycles. The maximum atomic E-state index is 12.3. The Morgan fingerprint density at radius 2 is 2.08 bits per heavy atom. The van der Waals surface area contributed by atoms with Crippen LogP contribution in [0.5, 0.6) is 5.88 Å². The van der Waals surface area contributed by atoms with Crippen LogP contribution in [0, 0.1) is 6.92 Å². The average Bonchev–Trinajstić information content (AvgIpc) is 2.90. The van der Waals surface area contributed by atoms with Crippen molar-refractivity contribution in [3.63, 3.8) is 0 Å². The van der Waals surface area contributed by atoms with Crippen molar-refractivity contribution in [1.29, 1.82) is 0 Å². The second-order valence-corrected chi connectivity index (χ2v) is 4.94. The molecule has 0 radical (unpaired) electrons. The molecule has 2 heterocycles. The Labute approximate surface area is 135 Å². The predicted molar refractivity (Wildman–Crippen MR) is 75.5 cm³/mol. The van der Waals surface area contributed by atoms with Crippen LogP contribution in [0.15, 0.2) is 22.9 Å². The third-order valence-electron chi connectivity index (χ3n) is 3.23. The highest BCUT2D eigenvalue weighted by atomic mass is 19.4. The van der Waals surface area contributed by atoms with Crippen molar-refractivity contribution < 1.29 is 32.0 Å². The quantitative estimate of drug-likeness (QED) is 0.749. The lowest BCUT2D eigenvalue weighted by Crippen LogP contribution is -2.10. The number of rotatable bonds is 6. The molecule has 0 spiro atoms. The third-order valence-corrected chi connectivity index (χ3v) is 3.23. The SMILES string of the molecule is COC(=O)c1ccc(OCc2c(CCC(F)(F)F)noc2C)nc1. The van der Waals surface area contributed by atoms with E-state index < -0.39 is 18.6 Å². The van der Waals surface area contributed by atoms with E-state index in [4.69, 9.17) is 9.26 Å². The summed E-state index contributed by atoms with van der Waals surface area (Å²) in [6, 6.07) is 2.93. The van der Waals surface area contributed by atoms with Gasteiger partial charge in [-0.1, -0.05) is 5.16 Å². The van der Waals surface area contributed by atoms with E-state index in [0.717, 1.165) is 0 Å². The number of carbonyl (C=O) groups excluding carboxylic acids is 1. The molecular weight excluding hydrogens is 329 g/mol. The first-order chi connectivity index (χ1) is 11.3. The van der Waals surface area contributed by atoms with E-state index >= 15 is 0 Å². The minimum atomic E-state index is -4.27. The van der Waals surface area contributed by atoms with Crippen LogP contribution in [0.1, 0.15) is 33.8 Å². The Kier molecular flexibility index (Phi) is 5.42. The number of esters is 1. The van der Waals surface area contributed by atoms with Gasteiger partial charge in [0.15, 0.2) is 0 Å². The van der Waals surface area contributed by atoms with Crippen molar-refractivity contribution in [2.24, 2.45) is 0 Å². The van der Waals surface area contributed by atoms with Crippen LogP contribution in [-0.2, 0) is 17.8 Å². The van der Waals surface area contributed by atoms with Crippen molar-refractivity contribution in [3.8, 4) is 5.88 Å². The second-order valence-electron chi connectivity index (χ2n) is 4.94. The van der Waals surface area contributed by atoms with E-state index in [-0.39, 0.29) is 30.2 Å². The van der Waals surface area contributed by atoms with Crippen LogP contribution in [0.4, 0.5) is 13.2 Å². The van der Waals surface area contributed by atoms with Crippen LogP contribution >= 0.6 is 0 Å². The molecule has 24 heavy (non-hydrogen) atoms. The van der Waals surface area contributed by atoms with Crippen LogP contribution in [-0.4, -0.2) is 29.4 Å². The van der Waals surface area contributed by atoms with Crippen molar-refractivity contribution >= 4 is 5.97 Å². The smallest absolute Gasteiger partial charge is 0.389 e. The fourth-order valence-corrected chi connectivity index (χ4v) is 1.93. The number of hydrogen-bond donors (Lipinski definition) is 0. The topological polar surface area (TPSA) is 74.5 Å². The summed E-state index contributed by atoms with van der Waals surface area (Å²) in [4.78, 5) is 15.2. The summed E-state index contributed by atoms with van der Waals surface area (Å²) in [5.74, 6) is 0.0711. The molecule has 0 amide bonds. The molecule has 2 aromatic rings. The van der Waals surface area contributed by atoms with Crippen molar-refractivity contribution in [2.45, 2.75) is 32.5 Å². The largest absolute Gasteiger partial charge is 0.473 e. The molecule has 130 valence electrons. The van der Waals surface area contributed by atoms with Gasteiger partial charge in [0.05, 0.1) is 23.9 Å². The molecule has 2 aromatic heterocycles. The Hall–Kier alpha value is -2.58. The molecule has 0 aliphatic rings. The first-order valence-electron chi connectivity index (χ1n) is 6.98. The molecule has 0 aliphatic carbocycles. The number of aromatic nitrogens is 2. The summed E-state index contributed by atoms with van der Waals surface area (Å²) in [5, 5.41) is 3.64.